The van der Waals surface area contributed by atoms with Crippen LogP contribution < -0.4 is 10.1 Å². The molecule has 1 N–H and O–H groups in total. The normalized spacial score (nSPS) is 18.7. The van der Waals surface area contributed by atoms with Gasteiger partial charge in [0.25, 0.3) is 0 Å². The summed E-state index contributed by atoms with van der Waals surface area (Å²) in [5.41, 5.74) is 1.10. The Morgan fingerprint density at radius 1 is 1.50 bits per heavy atom. The first kappa shape index (κ1) is 14.7. The van der Waals surface area contributed by atoms with Gasteiger partial charge >= 0.3 is 6.03 Å². The van der Waals surface area contributed by atoms with E-state index in [0.717, 1.165) is 17.7 Å². The fraction of sp³-hybridized carbons (Fsp3) is 0.533. The van der Waals surface area contributed by atoms with Gasteiger partial charge in [-0.15, -0.1) is 0 Å². The average molecular weight is 278 g/mol. The summed E-state index contributed by atoms with van der Waals surface area (Å²) in [6, 6.07) is 7.98. The molecule has 0 aliphatic carbocycles. The number of nitrogens with one attached hydrogen (secondary N) is 1. The van der Waals surface area contributed by atoms with Gasteiger partial charge in [-0.3, -0.25) is 0 Å². The number of morpholine rings is 1. The van der Waals surface area contributed by atoms with E-state index in [9.17, 15) is 4.79 Å². The largest absolute Gasteiger partial charge is 0.496 e. The van der Waals surface area contributed by atoms with Crippen LogP contribution in [0, 0.1) is 0 Å². The van der Waals surface area contributed by atoms with Crippen LogP contribution in [-0.4, -0.2) is 50.4 Å². The highest BCUT2D eigenvalue weighted by Crippen LogP contribution is 2.17. The summed E-state index contributed by atoms with van der Waals surface area (Å²) < 4.78 is 10.6. The Morgan fingerprint density at radius 2 is 2.30 bits per heavy atom. The molecule has 2 rings (SSSR count). The van der Waals surface area contributed by atoms with Crippen LogP contribution >= 0.6 is 0 Å². The molecule has 5 nitrogen and oxygen atoms in total. The molecule has 20 heavy (non-hydrogen) atoms. The van der Waals surface area contributed by atoms with E-state index in [0.29, 0.717) is 26.3 Å². The Morgan fingerprint density at radius 3 is 3.05 bits per heavy atom. The van der Waals surface area contributed by atoms with Crippen molar-refractivity contribution in [1.82, 2.24) is 10.2 Å². The summed E-state index contributed by atoms with van der Waals surface area (Å²) in [6.45, 7) is 4.48. The molecule has 0 radical (unpaired) electrons. The van der Waals surface area contributed by atoms with Gasteiger partial charge in [0, 0.05) is 13.1 Å². The van der Waals surface area contributed by atoms with E-state index in [4.69, 9.17) is 9.47 Å². The van der Waals surface area contributed by atoms with E-state index in [2.05, 4.69) is 5.32 Å². The van der Waals surface area contributed by atoms with Crippen molar-refractivity contribution >= 4 is 6.03 Å². The Balaban J connectivity index is 1.81. The van der Waals surface area contributed by atoms with Gasteiger partial charge in [0.15, 0.2) is 0 Å². The molecule has 110 valence electrons. The van der Waals surface area contributed by atoms with Gasteiger partial charge in [-0.05, 0) is 25.0 Å². The summed E-state index contributed by atoms with van der Waals surface area (Å²) in [7, 11) is 1.66. The first-order chi connectivity index (χ1) is 9.72. The van der Waals surface area contributed by atoms with E-state index >= 15 is 0 Å². The van der Waals surface area contributed by atoms with Gasteiger partial charge in [-0.25, -0.2) is 4.79 Å². The van der Waals surface area contributed by atoms with Crippen molar-refractivity contribution in [3.63, 3.8) is 0 Å². The molecule has 1 heterocycles. The smallest absolute Gasteiger partial charge is 0.317 e. The third kappa shape index (κ3) is 3.63. The van der Waals surface area contributed by atoms with Crippen molar-refractivity contribution < 1.29 is 14.3 Å². The molecule has 0 saturated carbocycles. The first-order valence-electron chi connectivity index (χ1n) is 6.96. The number of rotatable bonds is 4. The molecular formula is C15H22N2O3. The predicted octanol–water partition coefficient (Wildman–Crippen LogP) is 1.67. The predicted molar refractivity (Wildman–Crippen MR) is 77.1 cm³/mol. The standard InChI is InChI=1S/C15H22N2O3/c1-12-11-20-10-9-17(12)15(18)16-8-7-13-5-3-4-6-14(13)19-2/h3-6,12H,7-11H2,1-2H3,(H,16,18). The third-order valence-electron chi connectivity index (χ3n) is 3.49. The van der Waals surface area contributed by atoms with Crippen LogP contribution in [0.3, 0.4) is 0 Å². The Kier molecular flexibility index (Phi) is 5.24. The lowest BCUT2D eigenvalue weighted by Gasteiger charge is -2.33. The molecular weight excluding hydrogens is 256 g/mol. The molecule has 1 aromatic carbocycles. The summed E-state index contributed by atoms with van der Waals surface area (Å²) in [6.07, 6.45) is 0.758. The zero-order valence-electron chi connectivity index (χ0n) is 12.1. The Hall–Kier alpha value is -1.75. The highest BCUT2D eigenvalue weighted by molar-refractivity contribution is 5.74. The number of urea groups is 1. The van der Waals surface area contributed by atoms with Crippen LogP contribution in [0.2, 0.25) is 0 Å². The van der Waals surface area contributed by atoms with E-state index in [1.807, 2.05) is 36.1 Å². The maximum Gasteiger partial charge on any atom is 0.317 e. The second-order valence-electron chi connectivity index (χ2n) is 4.91. The molecule has 1 fully saturated rings. The lowest BCUT2D eigenvalue weighted by atomic mass is 10.1. The number of carbonyl (C=O) groups excluding carboxylic acids is 1. The van der Waals surface area contributed by atoms with Gasteiger partial charge in [-0.2, -0.15) is 0 Å². The molecule has 0 spiro atoms. The van der Waals surface area contributed by atoms with Gasteiger partial charge in [0.05, 0.1) is 26.4 Å². The average Bonchev–Trinajstić information content (AvgIpc) is 2.48. The van der Waals surface area contributed by atoms with Crippen molar-refractivity contribution in [2.24, 2.45) is 0 Å². The first-order valence-corrected chi connectivity index (χ1v) is 6.96. The lowest BCUT2D eigenvalue weighted by Crippen LogP contribution is -2.51. The molecule has 2 amide bonds. The maximum absolute atomic E-state index is 12.1. The molecule has 1 unspecified atom stereocenters. The van der Waals surface area contributed by atoms with Gasteiger partial charge < -0.3 is 19.7 Å². The number of para-hydroxylation sites is 1. The monoisotopic (exact) mass is 278 g/mol. The van der Waals surface area contributed by atoms with Crippen molar-refractivity contribution in [2.75, 3.05) is 33.4 Å². The van der Waals surface area contributed by atoms with Crippen molar-refractivity contribution in [1.29, 1.82) is 0 Å². The number of amides is 2. The van der Waals surface area contributed by atoms with Gasteiger partial charge in [0.2, 0.25) is 0 Å². The van der Waals surface area contributed by atoms with E-state index in [1.54, 1.807) is 7.11 Å². The van der Waals surface area contributed by atoms with E-state index in [1.165, 1.54) is 0 Å². The quantitative estimate of drug-likeness (QED) is 0.911. The fourth-order valence-corrected chi connectivity index (χ4v) is 2.34. The lowest BCUT2D eigenvalue weighted by molar-refractivity contribution is 0.0191. The topological polar surface area (TPSA) is 50.8 Å². The number of carbonyl (C=O) groups is 1. The maximum atomic E-state index is 12.1. The summed E-state index contributed by atoms with van der Waals surface area (Å²) >= 11 is 0. The fourth-order valence-electron chi connectivity index (χ4n) is 2.34. The second kappa shape index (κ2) is 7.14. The number of ether oxygens (including phenoxy) is 2. The minimum Gasteiger partial charge on any atom is -0.496 e. The number of nitrogens with zero attached hydrogens (tertiary/aromatic N) is 1. The third-order valence-corrected chi connectivity index (χ3v) is 3.49. The van der Waals surface area contributed by atoms with Gasteiger partial charge in [0.1, 0.15) is 5.75 Å². The molecule has 0 bridgehead atoms. The zero-order valence-corrected chi connectivity index (χ0v) is 12.1. The number of hydrogen-bond acceptors (Lipinski definition) is 3. The van der Waals surface area contributed by atoms with Gasteiger partial charge in [-0.1, -0.05) is 18.2 Å². The SMILES string of the molecule is COc1ccccc1CCNC(=O)N1CCOCC1C. The number of hydrogen-bond donors (Lipinski definition) is 1. The molecule has 1 aliphatic rings. The van der Waals surface area contributed by atoms with Crippen LogP contribution in [0.5, 0.6) is 5.75 Å². The Bertz CT molecular complexity index is 450. The van der Waals surface area contributed by atoms with Crippen molar-refractivity contribution in [3.8, 4) is 5.75 Å². The Labute approximate surface area is 119 Å². The van der Waals surface area contributed by atoms with E-state index in [-0.39, 0.29) is 12.1 Å². The molecule has 0 aromatic heterocycles. The highest BCUT2D eigenvalue weighted by atomic mass is 16.5. The minimum absolute atomic E-state index is 0.0179. The molecule has 1 aliphatic heterocycles. The molecule has 5 heteroatoms. The second-order valence-corrected chi connectivity index (χ2v) is 4.91. The highest BCUT2D eigenvalue weighted by Gasteiger charge is 2.23. The van der Waals surface area contributed by atoms with Crippen molar-refractivity contribution in [3.05, 3.63) is 29.8 Å². The van der Waals surface area contributed by atoms with Crippen LogP contribution in [0.1, 0.15) is 12.5 Å². The summed E-state index contributed by atoms with van der Waals surface area (Å²) in [5, 5.41) is 2.96. The van der Waals surface area contributed by atoms with Crippen LogP contribution in [0.15, 0.2) is 24.3 Å². The number of methoxy groups -OCH3 is 1. The molecule has 1 aromatic rings. The zero-order chi connectivity index (χ0) is 14.4. The molecule has 1 atom stereocenters. The van der Waals surface area contributed by atoms with Crippen LogP contribution in [0.4, 0.5) is 4.79 Å². The molecule has 1 saturated heterocycles. The summed E-state index contributed by atoms with van der Waals surface area (Å²) in [5.74, 6) is 0.862. The van der Waals surface area contributed by atoms with Crippen LogP contribution in [-0.2, 0) is 11.2 Å². The summed E-state index contributed by atoms with van der Waals surface area (Å²) in [4.78, 5) is 13.9. The number of benzene rings is 1. The minimum atomic E-state index is -0.0179. The van der Waals surface area contributed by atoms with E-state index < -0.39 is 0 Å². The van der Waals surface area contributed by atoms with Crippen LogP contribution in [0.25, 0.3) is 0 Å². The van der Waals surface area contributed by atoms with Crippen molar-refractivity contribution in [2.45, 2.75) is 19.4 Å².